The van der Waals surface area contributed by atoms with E-state index < -0.39 is 0 Å². The SMILES string of the molecule is CCCC1CCC(C(=O)c2ccc(C)nc2)CC1. The Morgan fingerprint density at radius 2 is 2.00 bits per heavy atom. The number of hydrogen-bond donors (Lipinski definition) is 0. The molecule has 18 heavy (non-hydrogen) atoms. The average Bonchev–Trinajstić information content (AvgIpc) is 2.40. The Morgan fingerprint density at radius 3 is 2.56 bits per heavy atom. The molecule has 0 saturated heterocycles. The standard InChI is InChI=1S/C16H23NO/c1-3-4-13-6-9-14(10-7-13)16(18)15-8-5-12(2)17-11-15/h5,8,11,13-14H,3-4,6-7,9-10H2,1-2H3. The largest absolute Gasteiger partial charge is 0.294 e. The van der Waals surface area contributed by atoms with Crippen molar-refractivity contribution in [2.75, 3.05) is 0 Å². The summed E-state index contributed by atoms with van der Waals surface area (Å²) >= 11 is 0. The monoisotopic (exact) mass is 245 g/mol. The second-order valence-electron chi connectivity index (χ2n) is 5.56. The van der Waals surface area contributed by atoms with Crippen molar-refractivity contribution in [3.8, 4) is 0 Å². The highest BCUT2D eigenvalue weighted by atomic mass is 16.1. The van der Waals surface area contributed by atoms with E-state index in [4.69, 9.17) is 0 Å². The minimum atomic E-state index is 0.239. The molecule has 1 aromatic rings. The predicted octanol–water partition coefficient (Wildman–Crippen LogP) is 4.18. The molecule has 1 saturated carbocycles. The highest BCUT2D eigenvalue weighted by Gasteiger charge is 2.26. The summed E-state index contributed by atoms with van der Waals surface area (Å²) in [5, 5.41) is 0. The molecule has 1 aromatic heterocycles. The third-order valence-corrected chi connectivity index (χ3v) is 4.11. The van der Waals surface area contributed by atoms with E-state index in [1.165, 1.54) is 25.7 Å². The zero-order valence-corrected chi connectivity index (χ0v) is 11.5. The zero-order valence-electron chi connectivity index (χ0n) is 11.5. The van der Waals surface area contributed by atoms with Crippen molar-refractivity contribution in [2.45, 2.75) is 52.4 Å². The number of rotatable bonds is 4. The molecule has 98 valence electrons. The lowest BCUT2D eigenvalue weighted by Gasteiger charge is -2.27. The Hall–Kier alpha value is -1.18. The number of aromatic nitrogens is 1. The number of Topliss-reactive ketones (excluding diaryl/α,β-unsaturated/α-hetero) is 1. The van der Waals surface area contributed by atoms with Gasteiger partial charge in [0.1, 0.15) is 0 Å². The van der Waals surface area contributed by atoms with E-state index in [1.54, 1.807) is 6.20 Å². The molecule has 2 rings (SSSR count). The maximum atomic E-state index is 12.3. The molecule has 1 aliphatic carbocycles. The van der Waals surface area contributed by atoms with Crippen LogP contribution in [0.1, 0.15) is 61.5 Å². The van der Waals surface area contributed by atoms with Gasteiger partial charge in [-0.05, 0) is 50.7 Å². The Bertz CT molecular complexity index is 388. The summed E-state index contributed by atoms with van der Waals surface area (Å²) in [5.74, 6) is 1.40. The van der Waals surface area contributed by atoms with E-state index in [0.29, 0.717) is 5.78 Å². The summed E-state index contributed by atoms with van der Waals surface area (Å²) < 4.78 is 0. The van der Waals surface area contributed by atoms with Crippen LogP contribution in [0.2, 0.25) is 0 Å². The quantitative estimate of drug-likeness (QED) is 0.745. The molecular formula is C16H23NO. The summed E-state index contributed by atoms with van der Waals surface area (Å²) in [4.78, 5) is 16.6. The molecule has 1 aliphatic rings. The maximum Gasteiger partial charge on any atom is 0.167 e. The lowest BCUT2D eigenvalue weighted by atomic mass is 9.77. The van der Waals surface area contributed by atoms with Crippen LogP contribution in [-0.4, -0.2) is 10.8 Å². The second kappa shape index (κ2) is 6.12. The van der Waals surface area contributed by atoms with Crippen LogP contribution in [0, 0.1) is 18.8 Å². The van der Waals surface area contributed by atoms with Crippen LogP contribution in [0.25, 0.3) is 0 Å². The van der Waals surface area contributed by atoms with E-state index in [1.807, 2.05) is 19.1 Å². The fraction of sp³-hybridized carbons (Fsp3) is 0.625. The third-order valence-electron chi connectivity index (χ3n) is 4.11. The Morgan fingerprint density at radius 1 is 1.28 bits per heavy atom. The van der Waals surface area contributed by atoms with Crippen molar-refractivity contribution in [1.82, 2.24) is 4.98 Å². The minimum Gasteiger partial charge on any atom is -0.294 e. The van der Waals surface area contributed by atoms with Crippen LogP contribution in [-0.2, 0) is 0 Å². The van der Waals surface area contributed by atoms with Crippen molar-refractivity contribution in [2.24, 2.45) is 11.8 Å². The lowest BCUT2D eigenvalue weighted by molar-refractivity contribution is 0.0869. The van der Waals surface area contributed by atoms with Crippen LogP contribution in [0.5, 0.6) is 0 Å². The molecule has 0 radical (unpaired) electrons. The van der Waals surface area contributed by atoms with Gasteiger partial charge in [-0.25, -0.2) is 0 Å². The molecule has 2 heteroatoms. The summed E-state index contributed by atoms with van der Waals surface area (Å²) in [6.07, 6.45) is 8.91. The van der Waals surface area contributed by atoms with Gasteiger partial charge in [0.05, 0.1) is 0 Å². The second-order valence-corrected chi connectivity index (χ2v) is 5.56. The van der Waals surface area contributed by atoms with Gasteiger partial charge in [0.15, 0.2) is 5.78 Å². The van der Waals surface area contributed by atoms with E-state index in [0.717, 1.165) is 30.0 Å². The van der Waals surface area contributed by atoms with Gasteiger partial charge in [0, 0.05) is 23.4 Å². The van der Waals surface area contributed by atoms with Gasteiger partial charge in [-0.15, -0.1) is 0 Å². The first-order valence-electron chi connectivity index (χ1n) is 7.17. The van der Waals surface area contributed by atoms with Gasteiger partial charge in [-0.1, -0.05) is 19.8 Å². The van der Waals surface area contributed by atoms with Crippen molar-refractivity contribution in [3.05, 3.63) is 29.6 Å². The first-order chi connectivity index (χ1) is 8.70. The summed E-state index contributed by atoms with van der Waals surface area (Å²) in [6, 6.07) is 3.85. The van der Waals surface area contributed by atoms with Crippen molar-refractivity contribution in [3.63, 3.8) is 0 Å². The smallest absolute Gasteiger partial charge is 0.167 e. The summed E-state index contributed by atoms with van der Waals surface area (Å²) in [6.45, 7) is 4.19. The minimum absolute atomic E-state index is 0.239. The van der Waals surface area contributed by atoms with Gasteiger partial charge in [0.25, 0.3) is 0 Å². The summed E-state index contributed by atoms with van der Waals surface area (Å²) in [5.41, 5.74) is 1.76. The lowest BCUT2D eigenvalue weighted by Crippen LogP contribution is -2.22. The molecule has 0 N–H and O–H groups in total. The number of aryl methyl sites for hydroxylation is 1. The average molecular weight is 245 g/mol. The molecule has 0 amide bonds. The van der Waals surface area contributed by atoms with Gasteiger partial charge in [-0.3, -0.25) is 9.78 Å². The molecule has 0 aliphatic heterocycles. The van der Waals surface area contributed by atoms with Crippen molar-refractivity contribution in [1.29, 1.82) is 0 Å². The van der Waals surface area contributed by atoms with Crippen LogP contribution in [0.15, 0.2) is 18.3 Å². The van der Waals surface area contributed by atoms with Crippen molar-refractivity contribution >= 4 is 5.78 Å². The molecule has 2 nitrogen and oxygen atoms in total. The van der Waals surface area contributed by atoms with Gasteiger partial charge < -0.3 is 0 Å². The number of nitrogens with zero attached hydrogens (tertiary/aromatic N) is 1. The summed E-state index contributed by atoms with van der Waals surface area (Å²) in [7, 11) is 0. The van der Waals surface area contributed by atoms with Gasteiger partial charge >= 0.3 is 0 Å². The Labute approximate surface area is 110 Å². The fourth-order valence-corrected chi connectivity index (χ4v) is 2.97. The number of carbonyl (C=O) groups is 1. The van der Waals surface area contributed by atoms with E-state index in [2.05, 4.69) is 11.9 Å². The highest BCUT2D eigenvalue weighted by Crippen LogP contribution is 2.33. The fourth-order valence-electron chi connectivity index (χ4n) is 2.97. The molecule has 0 unspecified atom stereocenters. The number of hydrogen-bond acceptors (Lipinski definition) is 2. The maximum absolute atomic E-state index is 12.3. The zero-order chi connectivity index (χ0) is 13.0. The molecule has 0 spiro atoms. The molecule has 1 heterocycles. The van der Waals surface area contributed by atoms with Crippen LogP contribution < -0.4 is 0 Å². The normalized spacial score (nSPS) is 23.9. The third kappa shape index (κ3) is 3.18. The Kier molecular flexibility index (Phi) is 4.51. The number of pyridine rings is 1. The topological polar surface area (TPSA) is 30.0 Å². The number of carbonyl (C=O) groups excluding carboxylic acids is 1. The first kappa shape index (κ1) is 13.3. The van der Waals surface area contributed by atoms with Crippen LogP contribution >= 0.6 is 0 Å². The van der Waals surface area contributed by atoms with Crippen LogP contribution in [0.4, 0.5) is 0 Å². The van der Waals surface area contributed by atoms with E-state index in [9.17, 15) is 4.79 Å². The van der Waals surface area contributed by atoms with Gasteiger partial charge in [-0.2, -0.15) is 0 Å². The molecule has 1 fully saturated rings. The van der Waals surface area contributed by atoms with E-state index >= 15 is 0 Å². The highest BCUT2D eigenvalue weighted by molar-refractivity contribution is 5.97. The van der Waals surface area contributed by atoms with Gasteiger partial charge in [0.2, 0.25) is 0 Å². The predicted molar refractivity (Wildman–Crippen MR) is 73.7 cm³/mol. The molecule has 0 atom stereocenters. The van der Waals surface area contributed by atoms with E-state index in [-0.39, 0.29) is 5.92 Å². The molecule has 0 aromatic carbocycles. The molecular weight excluding hydrogens is 222 g/mol. The number of ketones is 1. The first-order valence-corrected chi connectivity index (χ1v) is 7.17. The van der Waals surface area contributed by atoms with Crippen molar-refractivity contribution < 1.29 is 4.79 Å². The Balaban J connectivity index is 1.93. The van der Waals surface area contributed by atoms with Crippen LogP contribution in [0.3, 0.4) is 0 Å². The molecule has 0 bridgehead atoms.